The minimum Gasteiger partial charge on any atom is -0.414 e. The van der Waals surface area contributed by atoms with Gasteiger partial charge >= 0.3 is 0 Å². The van der Waals surface area contributed by atoms with Gasteiger partial charge in [-0.25, -0.2) is 0 Å². The highest BCUT2D eigenvalue weighted by atomic mass is 28.4. The molecule has 0 bridgehead atoms. The molecule has 0 aliphatic carbocycles. The van der Waals surface area contributed by atoms with Crippen molar-refractivity contribution < 1.29 is 13.6 Å². The molecule has 0 saturated heterocycles. The molecule has 0 spiro atoms. The fourth-order valence-electron chi connectivity index (χ4n) is 1.16. The summed E-state index contributed by atoms with van der Waals surface area (Å²) in [6, 6.07) is 0. The molecule has 0 amide bonds. The standard InChI is InChI=1S/C15H34O3Si2/c1-14(2,3)19(7,8)17-12-13(11-16)18-20(9,10)15(4,5)6/h11,13H,12H2,1-10H3/t13-/m0/s1. The van der Waals surface area contributed by atoms with E-state index in [0.717, 1.165) is 6.29 Å². The molecule has 0 aliphatic heterocycles. The van der Waals surface area contributed by atoms with E-state index < -0.39 is 22.7 Å². The minimum atomic E-state index is -1.93. The SMILES string of the molecule is CC(C)(C)[Si](C)(C)OC[C@H](C=O)O[Si](C)(C)C(C)(C)C. The first-order valence-corrected chi connectivity index (χ1v) is 13.2. The Bertz CT molecular complexity index is 325. The molecule has 0 saturated carbocycles. The third-order valence-electron chi connectivity index (χ3n) is 4.82. The normalized spacial score (nSPS) is 16.1. The molecular formula is C15H34O3Si2. The van der Waals surface area contributed by atoms with E-state index in [9.17, 15) is 4.79 Å². The maximum atomic E-state index is 11.3. The highest BCUT2D eigenvalue weighted by molar-refractivity contribution is 6.74. The molecule has 120 valence electrons. The van der Waals surface area contributed by atoms with Crippen LogP contribution in [-0.2, 0) is 13.6 Å². The topological polar surface area (TPSA) is 35.5 Å². The molecular weight excluding hydrogens is 284 g/mol. The Labute approximate surface area is 127 Å². The molecule has 1 atom stereocenters. The van der Waals surface area contributed by atoms with Crippen LogP contribution in [0, 0.1) is 0 Å². The number of hydrogen-bond acceptors (Lipinski definition) is 3. The van der Waals surface area contributed by atoms with Gasteiger partial charge in [-0.1, -0.05) is 41.5 Å². The highest BCUT2D eigenvalue weighted by Crippen LogP contribution is 2.38. The summed E-state index contributed by atoms with van der Waals surface area (Å²) >= 11 is 0. The molecule has 0 aromatic carbocycles. The Kier molecular flexibility index (Phi) is 6.43. The zero-order chi connectivity index (χ0) is 16.4. The van der Waals surface area contributed by atoms with Crippen LogP contribution in [0.3, 0.4) is 0 Å². The summed E-state index contributed by atoms with van der Waals surface area (Å²) < 4.78 is 12.2. The van der Waals surface area contributed by atoms with Gasteiger partial charge in [0.1, 0.15) is 12.4 Å². The minimum absolute atomic E-state index is 0.102. The molecule has 0 N–H and O–H groups in total. The van der Waals surface area contributed by atoms with Gasteiger partial charge in [-0.05, 0) is 36.3 Å². The molecule has 0 heterocycles. The zero-order valence-corrected chi connectivity index (χ0v) is 17.1. The van der Waals surface area contributed by atoms with Crippen molar-refractivity contribution >= 4 is 22.9 Å². The van der Waals surface area contributed by atoms with E-state index in [2.05, 4.69) is 67.7 Å². The van der Waals surface area contributed by atoms with Crippen LogP contribution in [0.15, 0.2) is 0 Å². The van der Waals surface area contributed by atoms with Crippen molar-refractivity contribution in [2.75, 3.05) is 6.61 Å². The summed E-state index contributed by atoms with van der Waals surface area (Å²) in [4.78, 5) is 11.3. The number of hydrogen-bond donors (Lipinski definition) is 0. The van der Waals surface area contributed by atoms with Crippen molar-refractivity contribution in [2.24, 2.45) is 0 Å². The fourth-order valence-corrected chi connectivity index (χ4v) is 3.41. The van der Waals surface area contributed by atoms with Crippen LogP contribution in [0.2, 0.25) is 36.3 Å². The molecule has 0 rings (SSSR count). The van der Waals surface area contributed by atoms with Gasteiger partial charge in [0.25, 0.3) is 0 Å². The summed E-state index contributed by atoms with van der Waals surface area (Å²) in [5.41, 5.74) is 0. The van der Waals surface area contributed by atoms with Crippen LogP contribution in [-0.4, -0.2) is 35.6 Å². The van der Waals surface area contributed by atoms with Gasteiger partial charge < -0.3 is 13.6 Å². The lowest BCUT2D eigenvalue weighted by Gasteiger charge is -2.40. The Morgan fingerprint density at radius 3 is 1.60 bits per heavy atom. The predicted octanol–water partition coefficient (Wildman–Crippen LogP) is 4.60. The Morgan fingerprint density at radius 2 is 1.30 bits per heavy atom. The van der Waals surface area contributed by atoms with E-state index in [1.165, 1.54) is 0 Å². The van der Waals surface area contributed by atoms with Crippen LogP contribution < -0.4 is 0 Å². The van der Waals surface area contributed by atoms with E-state index in [4.69, 9.17) is 8.85 Å². The summed E-state index contributed by atoms with van der Waals surface area (Å²) in [7, 11) is -3.76. The molecule has 0 radical (unpaired) electrons. The lowest BCUT2D eigenvalue weighted by Crippen LogP contribution is -2.48. The van der Waals surface area contributed by atoms with E-state index in [1.807, 2.05) is 0 Å². The molecule has 0 fully saturated rings. The second-order valence-corrected chi connectivity index (χ2v) is 18.2. The number of carbonyl (C=O) groups excluding carboxylic acids is 1. The van der Waals surface area contributed by atoms with E-state index in [0.29, 0.717) is 6.61 Å². The third kappa shape index (κ3) is 5.43. The van der Waals surface area contributed by atoms with E-state index >= 15 is 0 Å². The molecule has 0 aromatic heterocycles. The third-order valence-corrected chi connectivity index (χ3v) is 13.8. The molecule has 0 aromatic rings. The summed E-state index contributed by atoms with van der Waals surface area (Å²) in [5, 5.41) is 0.253. The van der Waals surface area contributed by atoms with Crippen molar-refractivity contribution in [2.45, 2.75) is 83.9 Å². The zero-order valence-electron chi connectivity index (χ0n) is 15.1. The first kappa shape index (κ1) is 20.0. The maximum Gasteiger partial charge on any atom is 0.193 e. The smallest absolute Gasteiger partial charge is 0.193 e. The van der Waals surface area contributed by atoms with Crippen molar-refractivity contribution in [3.8, 4) is 0 Å². The van der Waals surface area contributed by atoms with Crippen molar-refractivity contribution in [1.29, 1.82) is 0 Å². The Balaban J connectivity index is 4.72. The molecule has 5 heteroatoms. The Hall–Kier alpha value is 0.0238. The first-order valence-electron chi connectivity index (χ1n) is 7.41. The Morgan fingerprint density at radius 1 is 0.900 bits per heavy atom. The lowest BCUT2D eigenvalue weighted by atomic mass is 10.2. The van der Waals surface area contributed by atoms with Crippen LogP contribution >= 0.6 is 0 Å². The van der Waals surface area contributed by atoms with E-state index in [-0.39, 0.29) is 10.1 Å². The quantitative estimate of drug-likeness (QED) is 0.530. The molecule has 3 nitrogen and oxygen atoms in total. The average Bonchev–Trinajstić information content (AvgIpc) is 2.20. The summed E-state index contributed by atoms with van der Waals surface area (Å²) in [6.45, 7) is 22.2. The summed E-state index contributed by atoms with van der Waals surface area (Å²) in [6.07, 6.45) is 0.457. The van der Waals surface area contributed by atoms with Gasteiger partial charge in [-0.2, -0.15) is 0 Å². The first-order chi connectivity index (χ1) is 8.64. The van der Waals surface area contributed by atoms with Gasteiger partial charge in [0.15, 0.2) is 16.6 Å². The maximum absolute atomic E-state index is 11.3. The molecule has 20 heavy (non-hydrogen) atoms. The van der Waals surface area contributed by atoms with Gasteiger partial charge in [-0.15, -0.1) is 0 Å². The fraction of sp³-hybridized carbons (Fsp3) is 0.933. The van der Waals surface area contributed by atoms with Crippen molar-refractivity contribution in [3.05, 3.63) is 0 Å². The van der Waals surface area contributed by atoms with Crippen molar-refractivity contribution in [1.82, 2.24) is 0 Å². The second-order valence-electron chi connectivity index (χ2n) is 8.62. The number of carbonyl (C=O) groups is 1. The van der Waals surface area contributed by atoms with Crippen LogP contribution in [0.1, 0.15) is 41.5 Å². The molecule has 0 unspecified atom stereocenters. The monoisotopic (exact) mass is 318 g/mol. The lowest BCUT2D eigenvalue weighted by molar-refractivity contribution is -0.115. The molecule has 0 aliphatic rings. The van der Waals surface area contributed by atoms with Crippen LogP contribution in [0.5, 0.6) is 0 Å². The van der Waals surface area contributed by atoms with Gasteiger partial charge in [0.2, 0.25) is 0 Å². The van der Waals surface area contributed by atoms with Crippen molar-refractivity contribution in [3.63, 3.8) is 0 Å². The van der Waals surface area contributed by atoms with Crippen LogP contribution in [0.25, 0.3) is 0 Å². The summed E-state index contributed by atoms with van der Waals surface area (Å²) in [5.74, 6) is 0. The van der Waals surface area contributed by atoms with Gasteiger partial charge in [0.05, 0.1) is 6.61 Å². The average molecular weight is 319 g/mol. The van der Waals surface area contributed by atoms with Crippen LogP contribution in [0.4, 0.5) is 0 Å². The van der Waals surface area contributed by atoms with Gasteiger partial charge in [-0.3, -0.25) is 0 Å². The predicted molar refractivity (Wildman–Crippen MR) is 91.3 cm³/mol. The van der Waals surface area contributed by atoms with Gasteiger partial charge in [0, 0.05) is 0 Å². The second kappa shape index (κ2) is 6.42. The number of aldehydes is 1. The highest BCUT2D eigenvalue weighted by Gasteiger charge is 2.41. The van der Waals surface area contributed by atoms with E-state index in [1.54, 1.807) is 0 Å². The largest absolute Gasteiger partial charge is 0.414 e. The number of rotatable bonds is 6.